The molecule has 8 heteroatoms. The molecule has 0 spiro atoms. The number of fused-ring (bicyclic) bond motifs is 1. The van der Waals surface area contributed by atoms with Crippen molar-refractivity contribution < 1.29 is 4.79 Å². The van der Waals surface area contributed by atoms with Crippen molar-refractivity contribution in [1.82, 2.24) is 30.3 Å². The number of aryl methyl sites for hydroxylation is 2. The summed E-state index contributed by atoms with van der Waals surface area (Å²) in [5.74, 6) is 2.53. The molecule has 1 aliphatic heterocycles. The van der Waals surface area contributed by atoms with Crippen LogP contribution in [-0.4, -0.2) is 64.8 Å². The minimum absolute atomic E-state index is 0.0359. The Labute approximate surface area is 149 Å². The normalized spacial score (nSPS) is 17.0. The van der Waals surface area contributed by atoms with Crippen LogP contribution in [0.2, 0.25) is 0 Å². The van der Waals surface area contributed by atoms with E-state index in [1.165, 1.54) is 4.90 Å². The Kier molecular flexibility index (Phi) is 6.55. The summed E-state index contributed by atoms with van der Waals surface area (Å²) in [5.41, 5.74) is 1.00. The lowest BCUT2D eigenvalue weighted by Crippen LogP contribution is -2.47. The molecule has 2 heterocycles. The van der Waals surface area contributed by atoms with Crippen molar-refractivity contribution >= 4 is 11.9 Å². The van der Waals surface area contributed by atoms with Gasteiger partial charge in [-0.2, -0.15) is 5.10 Å². The molecule has 0 fully saturated rings. The van der Waals surface area contributed by atoms with Crippen LogP contribution in [0.1, 0.15) is 31.9 Å². The molecule has 1 aromatic rings. The highest BCUT2D eigenvalue weighted by Crippen LogP contribution is 2.13. The van der Waals surface area contributed by atoms with E-state index in [1.807, 2.05) is 11.6 Å². The zero-order valence-electron chi connectivity index (χ0n) is 15.7. The molecular weight excluding hydrogens is 318 g/mol. The van der Waals surface area contributed by atoms with E-state index < -0.39 is 0 Å². The summed E-state index contributed by atoms with van der Waals surface area (Å²) in [6.07, 6.45) is 2.68. The van der Waals surface area contributed by atoms with Gasteiger partial charge in [0.25, 0.3) is 0 Å². The van der Waals surface area contributed by atoms with Gasteiger partial charge in [-0.15, -0.1) is 0 Å². The van der Waals surface area contributed by atoms with Crippen LogP contribution in [0.5, 0.6) is 0 Å². The Balaban J connectivity index is 2.01. The molecule has 25 heavy (non-hydrogen) atoms. The number of aliphatic imine (C=N–C) groups is 1. The van der Waals surface area contributed by atoms with Crippen LogP contribution in [0.25, 0.3) is 0 Å². The number of guanidine groups is 1. The smallest absolute Gasteiger partial charge is 0.243 e. The van der Waals surface area contributed by atoms with Gasteiger partial charge in [0.1, 0.15) is 12.4 Å². The van der Waals surface area contributed by atoms with Gasteiger partial charge in [0, 0.05) is 39.5 Å². The molecule has 2 N–H and O–H groups in total. The first-order valence-electron chi connectivity index (χ1n) is 8.71. The van der Waals surface area contributed by atoms with Crippen molar-refractivity contribution in [1.29, 1.82) is 0 Å². The zero-order valence-corrected chi connectivity index (χ0v) is 15.7. The number of nitrogens with zero attached hydrogens (tertiary/aromatic N) is 5. The maximum Gasteiger partial charge on any atom is 0.243 e. The summed E-state index contributed by atoms with van der Waals surface area (Å²) in [7, 11) is 3.45. The van der Waals surface area contributed by atoms with Crippen molar-refractivity contribution in [3.8, 4) is 0 Å². The van der Waals surface area contributed by atoms with E-state index >= 15 is 0 Å². The van der Waals surface area contributed by atoms with Crippen LogP contribution >= 0.6 is 0 Å². The third-order valence-corrected chi connectivity index (χ3v) is 3.99. The van der Waals surface area contributed by atoms with E-state index in [0.717, 1.165) is 43.0 Å². The average molecular weight is 347 g/mol. The number of aromatic nitrogens is 3. The van der Waals surface area contributed by atoms with Crippen LogP contribution in [0, 0.1) is 0 Å². The number of amides is 1. The van der Waals surface area contributed by atoms with Crippen molar-refractivity contribution in [2.24, 2.45) is 4.99 Å². The summed E-state index contributed by atoms with van der Waals surface area (Å²) >= 11 is 0. The Bertz CT molecular complexity index is 647. The van der Waals surface area contributed by atoms with Gasteiger partial charge < -0.3 is 15.5 Å². The molecule has 0 radical (unpaired) electrons. The number of hydrogen-bond acceptors (Lipinski definition) is 4. The van der Waals surface area contributed by atoms with Gasteiger partial charge in [0.15, 0.2) is 11.8 Å². The first-order chi connectivity index (χ1) is 11.9. The lowest BCUT2D eigenvalue weighted by molar-refractivity contribution is -0.127. The fraction of sp³-hybridized carbons (Fsp3) is 0.647. The number of carbonyl (C=O) groups excluding carboxylic acids is 1. The number of carbonyl (C=O) groups is 1. The first-order valence-corrected chi connectivity index (χ1v) is 8.71. The quantitative estimate of drug-likeness (QED) is 0.441. The molecule has 1 atom stereocenters. The lowest BCUT2D eigenvalue weighted by Gasteiger charge is -2.25. The van der Waals surface area contributed by atoms with Crippen LogP contribution in [-0.2, 0) is 24.2 Å². The third-order valence-electron chi connectivity index (χ3n) is 3.99. The van der Waals surface area contributed by atoms with E-state index in [-0.39, 0.29) is 18.5 Å². The largest absolute Gasteiger partial charge is 0.353 e. The summed E-state index contributed by atoms with van der Waals surface area (Å²) in [4.78, 5) is 22.3. The number of rotatable bonds is 6. The van der Waals surface area contributed by atoms with Crippen molar-refractivity contribution in [3.05, 3.63) is 23.8 Å². The fourth-order valence-electron chi connectivity index (χ4n) is 2.50. The standard InChI is InChI=1S/C17H29N7O/c1-6-14-21-15-8-7-13(11-24(15)22-14)20-17(18-9-12(2)3)19-10-16(25)23(4)5/h13H,2,6-11H2,1,3-5H3,(H2,18,19,20). The Hall–Kier alpha value is -2.38. The Morgan fingerprint density at radius 2 is 2.24 bits per heavy atom. The third kappa shape index (κ3) is 5.58. The van der Waals surface area contributed by atoms with Gasteiger partial charge >= 0.3 is 0 Å². The molecule has 138 valence electrons. The molecular formula is C17H29N7O. The SMILES string of the molecule is C=C(C)CNC(=NCC(=O)N(C)C)NC1CCc2nc(CC)nn2C1. The maximum absolute atomic E-state index is 11.8. The summed E-state index contributed by atoms with van der Waals surface area (Å²) in [5, 5.41) is 11.2. The second-order valence-corrected chi connectivity index (χ2v) is 6.62. The monoisotopic (exact) mass is 347 g/mol. The predicted octanol–water partition coefficient (Wildman–Crippen LogP) is 0.355. The van der Waals surface area contributed by atoms with Gasteiger partial charge in [0.2, 0.25) is 5.91 Å². The van der Waals surface area contributed by atoms with E-state index in [4.69, 9.17) is 0 Å². The van der Waals surface area contributed by atoms with E-state index in [0.29, 0.717) is 12.5 Å². The van der Waals surface area contributed by atoms with Crippen molar-refractivity contribution in [2.75, 3.05) is 27.2 Å². The number of nitrogens with one attached hydrogen (secondary N) is 2. The van der Waals surface area contributed by atoms with Crippen LogP contribution in [0.15, 0.2) is 17.1 Å². The highest BCUT2D eigenvalue weighted by Gasteiger charge is 2.22. The second-order valence-electron chi connectivity index (χ2n) is 6.62. The molecule has 1 unspecified atom stereocenters. The van der Waals surface area contributed by atoms with Crippen molar-refractivity contribution in [2.45, 2.75) is 45.7 Å². The molecule has 8 nitrogen and oxygen atoms in total. The molecule has 0 bridgehead atoms. The fourth-order valence-corrected chi connectivity index (χ4v) is 2.50. The average Bonchev–Trinajstić information content (AvgIpc) is 2.99. The zero-order chi connectivity index (χ0) is 18.4. The van der Waals surface area contributed by atoms with Gasteiger partial charge in [-0.25, -0.2) is 14.7 Å². The maximum atomic E-state index is 11.8. The topological polar surface area (TPSA) is 87.4 Å². The molecule has 0 saturated heterocycles. The van der Waals surface area contributed by atoms with Gasteiger partial charge in [-0.05, 0) is 13.3 Å². The van der Waals surface area contributed by atoms with E-state index in [1.54, 1.807) is 14.1 Å². The second kappa shape index (κ2) is 8.64. The van der Waals surface area contributed by atoms with Gasteiger partial charge in [-0.3, -0.25) is 4.79 Å². The molecule has 0 saturated carbocycles. The highest BCUT2D eigenvalue weighted by molar-refractivity contribution is 5.85. The Morgan fingerprint density at radius 3 is 2.88 bits per heavy atom. The van der Waals surface area contributed by atoms with Crippen LogP contribution < -0.4 is 10.6 Å². The summed E-state index contributed by atoms with van der Waals surface area (Å²) in [6, 6.07) is 0.199. The molecule has 2 rings (SSSR count). The predicted molar refractivity (Wildman–Crippen MR) is 98.5 cm³/mol. The van der Waals surface area contributed by atoms with E-state index in [9.17, 15) is 4.79 Å². The Morgan fingerprint density at radius 1 is 1.48 bits per heavy atom. The lowest BCUT2D eigenvalue weighted by atomic mass is 10.1. The van der Waals surface area contributed by atoms with Gasteiger partial charge in [-0.1, -0.05) is 19.1 Å². The minimum Gasteiger partial charge on any atom is -0.353 e. The number of likely N-dealkylation sites (N-methyl/N-ethyl adjacent to an activating group) is 1. The van der Waals surface area contributed by atoms with E-state index in [2.05, 4.69) is 39.2 Å². The summed E-state index contributed by atoms with van der Waals surface area (Å²) < 4.78 is 1.97. The van der Waals surface area contributed by atoms with Crippen molar-refractivity contribution in [3.63, 3.8) is 0 Å². The number of hydrogen-bond donors (Lipinski definition) is 2. The first kappa shape index (κ1) is 19.0. The molecule has 1 aliphatic rings. The minimum atomic E-state index is -0.0359. The molecule has 1 aromatic heterocycles. The van der Waals surface area contributed by atoms with Crippen LogP contribution in [0.3, 0.4) is 0 Å². The molecule has 0 aliphatic carbocycles. The van der Waals surface area contributed by atoms with Gasteiger partial charge in [0.05, 0.1) is 6.54 Å². The highest BCUT2D eigenvalue weighted by atomic mass is 16.2. The molecule has 0 aromatic carbocycles. The van der Waals surface area contributed by atoms with Crippen LogP contribution in [0.4, 0.5) is 0 Å². The molecule has 1 amide bonds. The summed E-state index contributed by atoms with van der Waals surface area (Å²) in [6.45, 7) is 9.38.